The van der Waals surface area contributed by atoms with Gasteiger partial charge in [-0.3, -0.25) is 19.3 Å². The number of nitrogens with one attached hydrogen (secondary N) is 1. The SMILES string of the molecule is O=C(Nc1ccccn1)c1ccc2c(c1)C(=O)N(C1CCCCCC1)C2=O. The second-order valence-corrected chi connectivity index (χ2v) is 7.06. The van der Waals surface area contributed by atoms with Crippen molar-refractivity contribution in [2.75, 3.05) is 5.32 Å². The molecule has 1 aliphatic heterocycles. The van der Waals surface area contributed by atoms with E-state index in [4.69, 9.17) is 0 Å². The van der Waals surface area contributed by atoms with Crippen LogP contribution in [-0.2, 0) is 0 Å². The van der Waals surface area contributed by atoms with E-state index in [1.807, 2.05) is 0 Å². The number of nitrogens with zero attached hydrogens (tertiary/aromatic N) is 2. The fourth-order valence-electron chi connectivity index (χ4n) is 3.87. The molecule has 6 nitrogen and oxygen atoms in total. The molecule has 27 heavy (non-hydrogen) atoms. The van der Waals surface area contributed by atoms with Gasteiger partial charge >= 0.3 is 0 Å². The third kappa shape index (κ3) is 3.35. The molecule has 0 atom stereocenters. The lowest BCUT2D eigenvalue weighted by atomic mass is 10.1. The van der Waals surface area contributed by atoms with Gasteiger partial charge in [-0.25, -0.2) is 4.98 Å². The Morgan fingerprint density at radius 2 is 1.70 bits per heavy atom. The summed E-state index contributed by atoms with van der Waals surface area (Å²) in [5, 5.41) is 2.70. The minimum Gasteiger partial charge on any atom is -0.307 e. The smallest absolute Gasteiger partial charge is 0.261 e. The minimum atomic E-state index is -0.357. The topological polar surface area (TPSA) is 79.4 Å². The number of anilines is 1. The average Bonchev–Trinajstić information content (AvgIpc) is 2.87. The number of hydrogen-bond donors (Lipinski definition) is 1. The summed E-state index contributed by atoms with van der Waals surface area (Å²) in [7, 11) is 0. The van der Waals surface area contributed by atoms with Crippen molar-refractivity contribution in [3.63, 3.8) is 0 Å². The van der Waals surface area contributed by atoms with Gasteiger partial charge in [0.05, 0.1) is 11.1 Å². The van der Waals surface area contributed by atoms with E-state index < -0.39 is 0 Å². The van der Waals surface area contributed by atoms with Crippen LogP contribution in [0.3, 0.4) is 0 Å². The fourth-order valence-corrected chi connectivity index (χ4v) is 3.87. The number of hydrogen-bond acceptors (Lipinski definition) is 4. The molecule has 1 N–H and O–H groups in total. The van der Waals surface area contributed by atoms with Crippen LogP contribution in [0.15, 0.2) is 42.6 Å². The summed E-state index contributed by atoms with van der Waals surface area (Å²) in [6, 6.07) is 9.87. The van der Waals surface area contributed by atoms with Crippen molar-refractivity contribution in [1.29, 1.82) is 0 Å². The van der Waals surface area contributed by atoms with Crippen LogP contribution in [0, 0.1) is 0 Å². The second-order valence-electron chi connectivity index (χ2n) is 7.06. The van der Waals surface area contributed by atoms with Crippen molar-refractivity contribution in [3.05, 3.63) is 59.3 Å². The molecule has 1 saturated carbocycles. The molecule has 1 aliphatic carbocycles. The maximum Gasteiger partial charge on any atom is 0.261 e. The Kier molecular flexibility index (Phi) is 4.71. The number of benzene rings is 1. The molecule has 0 spiro atoms. The number of pyridine rings is 1. The van der Waals surface area contributed by atoms with Crippen molar-refractivity contribution in [3.8, 4) is 0 Å². The van der Waals surface area contributed by atoms with E-state index >= 15 is 0 Å². The van der Waals surface area contributed by atoms with Gasteiger partial charge in [-0.05, 0) is 43.2 Å². The zero-order chi connectivity index (χ0) is 18.8. The van der Waals surface area contributed by atoms with E-state index in [0.29, 0.717) is 22.5 Å². The molecule has 3 amide bonds. The molecule has 0 unspecified atom stereocenters. The van der Waals surface area contributed by atoms with Crippen molar-refractivity contribution in [2.45, 2.75) is 44.6 Å². The Labute approximate surface area is 157 Å². The van der Waals surface area contributed by atoms with Crippen LogP contribution in [0.4, 0.5) is 5.82 Å². The largest absolute Gasteiger partial charge is 0.307 e. The zero-order valence-electron chi connectivity index (χ0n) is 15.0. The molecule has 1 fully saturated rings. The molecule has 138 valence electrons. The summed E-state index contributed by atoms with van der Waals surface area (Å²) >= 11 is 0. The average molecular weight is 363 g/mol. The number of aromatic nitrogens is 1. The second kappa shape index (κ2) is 7.31. The van der Waals surface area contributed by atoms with Gasteiger partial charge in [-0.2, -0.15) is 0 Å². The molecule has 2 aliphatic rings. The van der Waals surface area contributed by atoms with Crippen LogP contribution in [-0.4, -0.2) is 33.6 Å². The third-order valence-electron chi connectivity index (χ3n) is 5.28. The lowest BCUT2D eigenvalue weighted by Gasteiger charge is -2.24. The van der Waals surface area contributed by atoms with Crippen LogP contribution in [0.2, 0.25) is 0 Å². The highest BCUT2D eigenvalue weighted by molar-refractivity contribution is 6.22. The summed E-state index contributed by atoms with van der Waals surface area (Å²) < 4.78 is 0. The van der Waals surface area contributed by atoms with Gasteiger partial charge in [-0.15, -0.1) is 0 Å². The molecule has 1 aromatic carbocycles. The van der Waals surface area contributed by atoms with Crippen LogP contribution >= 0.6 is 0 Å². The molecule has 0 bridgehead atoms. The van der Waals surface area contributed by atoms with Crippen molar-refractivity contribution >= 4 is 23.5 Å². The lowest BCUT2D eigenvalue weighted by molar-refractivity contribution is 0.0569. The summed E-state index contributed by atoms with van der Waals surface area (Å²) in [5.41, 5.74) is 1.04. The van der Waals surface area contributed by atoms with Crippen LogP contribution < -0.4 is 5.32 Å². The molecule has 6 heteroatoms. The zero-order valence-corrected chi connectivity index (χ0v) is 15.0. The van der Waals surface area contributed by atoms with E-state index in [0.717, 1.165) is 38.5 Å². The Balaban J connectivity index is 1.57. The van der Waals surface area contributed by atoms with Crippen LogP contribution in [0.1, 0.15) is 69.6 Å². The molecule has 4 rings (SSSR count). The third-order valence-corrected chi connectivity index (χ3v) is 5.28. The molecule has 1 aromatic heterocycles. The summed E-state index contributed by atoms with van der Waals surface area (Å²) in [5.74, 6) is -0.442. The number of rotatable bonds is 3. The van der Waals surface area contributed by atoms with Gasteiger partial charge in [-0.1, -0.05) is 31.7 Å². The molecule has 2 heterocycles. The molecule has 0 radical (unpaired) electrons. The van der Waals surface area contributed by atoms with E-state index in [-0.39, 0.29) is 23.8 Å². The summed E-state index contributed by atoms with van der Waals surface area (Å²) in [6.07, 6.45) is 7.68. The highest BCUT2D eigenvalue weighted by Gasteiger charge is 2.40. The van der Waals surface area contributed by atoms with Gasteiger partial charge in [0.15, 0.2) is 0 Å². The van der Waals surface area contributed by atoms with Crippen molar-refractivity contribution < 1.29 is 14.4 Å². The lowest BCUT2D eigenvalue weighted by Crippen LogP contribution is -2.39. The van der Waals surface area contributed by atoms with Gasteiger partial charge in [0.2, 0.25) is 0 Å². The number of carbonyl (C=O) groups excluding carboxylic acids is 3. The first kappa shape index (κ1) is 17.4. The highest BCUT2D eigenvalue weighted by atomic mass is 16.2. The van der Waals surface area contributed by atoms with Gasteiger partial charge in [0.25, 0.3) is 17.7 Å². The first-order valence-electron chi connectivity index (χ1n) is 9.39. The molecular weight excluding hydrogens is 342 g/mol. The van der Waals surface area contributed by atoms with Crippen LogP contribution in [0.5, 0.6) is 0 Å². The van der Waals surface area contributed by atoms with E-state index in [1.54, 1.807) is 36.5 Å². The first-order chi connectivity index (χ1) is 13.1. The van der Waals surface area contributed by atoms with E-state index in [2.05, 4.69) is 10.3 Å². The number of amides is 3. The standard InChI is InChI=1S/C21H21N3O3/c25-19(23-18-9-5-6-12-22-18)14-10-11-16-17(13-14)21(27)24(20(16)26)15-7-3-1-2-4-8-15/h5-6,9-13,15H,1-4,7-8H2,(H,22,23,25). The van der Waals surface area contributed by atoms with Gasteiger partial charge < -0.3 is 5.32 Å². The predicted molar refractivity (Wildman–Crippen MR) is 101 cm³/mol. The minimum absolute atomic E-state index is 0.0364. The normalized spacial score (nSPS) is 17.6. The summed E-state index contributed by atoms with van der Waals surface area (Å²) in [4.78, 5) is 43.6. The molecule has 2 aromatic rings. The Hall–Kier alpha value is -3.02. The number of carbonyl (C=O) groups is 3. The van der Waals surface area contributed by atoms with Gasteiger partial charge in [0.1, 0.15) is 5.82 Å². The van der Waals surface area contributed by atoms with E-state index in [9.17, 15) is 14.4 Å². The maximum absolute atomic E-state index is 12.9. The Morgan fingerprint density at radius 3 is 2.41 bits per heavy atom. The summed E-state index contributed by atoms with van der Waals surface area (Å²) in [6.45, 7) is 0. The Morgan fingerprint density at radius 1 is 0.963 bits per heavy atom. The van der Waals surface area contributed by atoms with Crippen molar-refractivity contribution in [2.24, 2.45) is 0 Å². The first-order valence-corrected chi connectivity index (χ1v) is 9.39. The number of imide groups is 1. The van der Waals surface area contributed by atoms with Crippen LogP contribution in [0.25, 0.3) is 0 Å². The Bertz CT molecular complexity index is 887. The monoisotopic (exact) mass is 363 g/mol. The fraction of sp³-hybridized carbons (Fsp3) is 0.333. The maximum atomic E-state index is 12.9. The van der Waals surface area contributed by atoms with E-state index in [1.165, 1.54) is 11.0 Å². The number of fused-ring (bicyclic) bond motifs is 1. The predicted octanol–water partition coefficient (Wildman–Crippen LogP) is 3.65. The highest BCUT2D eigenvalue weighted by Crippen LogP contribution is 2.31. The van der Waals surface area contributed by atoms with Crippen molar-refractivity contribution in [1.82, 2.24) is 9.88 Å². The van der Waals surface area contributed by atoms with Gasteiger partial charge in [0, 0.05) is 17.8 Å². The quantitative estimate of drug-likeness (QED) is 0.667. The molecule has 0 saturated heterocycles. The molecular formula is C21H21N3O3.